The van der Waals surface area contributed by atoms with Crippen molar-refractivity contribution in [2.24, 2.45) is 0 Å². The maximum absolute atomic E-state index is 13.6. The summed E-state index contributed by atoms with van der Waals surface area (Å²) in [4.78, 5) is 0. The monoisotopic (exact) mass is 287 g/mol. The van der Waals surface area contributed by atoms with Crippen molar-refractivity contribution in [2.75, 3.05) is 6.54 Å². The van der Waals surface area contributed by atoms with Gasteiger partial charge in [0.2, 0.25) is 0 Å². The minimum Gasteiger partial charge on any atom is -0.300 e. The third-order valence-corrected chi connectivity index (χ3v) is 2.56. The van der Waals surface area contributed by atoms with Crippen LogP contribution in [-0.2, 0) is 0 Å². The lowest BCUT2D eigenvalue weighted by atomic mass is 10.1. The van der Waals surface area contributed by atoms with Gasteiger partial charge in [-0.1, -0.05) is 28.8 Å². The molecule has 16 heavy (non-hydrogen) atoms. The molecule has 1 atom stereocenters. The third kappa shape index (κ3) is 3.03. The Morgan fingerprint density at radius 3 is 2.44 bits per heavy atom. The molecule has 1 nitrogen and oxygen atoms in total. The summed E-state index contributed by atoms with van der Waals surface area (Å²) < 4.78 is 27.5. The molecule has 1 aromatic rings. The van der Waals surface area contributed by atoms with E-state index in [0.717, 1.165) is 6.42 Å². The molecule has 86 valence electrons. The van der Waals surface area contributed by atoms with Crippen LogP contribution in [0.15, 0.2) is 16.6 Å². The molecule has 1 unspecified atom stereocenters. The van der Waals surface area contributed by atoms with E-state index in [2.05, 4.69) is 27.2 Å². The zero-order valence-corrected chi connectivity index (χ0v) is 10.4. The molecule has 0 fully saturated rings. The molecule has 1 rings (SSSR count). The predicted molar refractivity (Wildman–Crippen MR) is 63.9 cm³/mol. The molecule has 1 aromatic carbocycles. The zero-order valence-electron chi connectivity index (χ0n) is 8.86. The van der Waals surface area contributed by atoms with Crippen LogP contribution in [0, 0.1) is 24.0 Å². The summed E-state index contributed by atoms with van der Waals surface area (Å²) in [5.74, 6) is 1.07. The zero-order chi connectivity index (χ0) is 12.1. The van der Waals surface area contributed by atoms with Gasteiger partial charge in [0.05, 0.1) is 5.56 Å². The SMILES string of the molecule is C#CC(NCCC)c1c(F)cc(Br)cc1F. The molecule has 0 amide bonds. The fraction of sp³-hybridized carbons (Fsp3) is 0.333. The molecular formula is C12H12BrF2N. The van der Waals surface area contributed by atoms with Gasteiger partial charge in [-0.05, 0) is 25.1 Å². The Hall–Kier alpha value is -0.920. The van der Waals surface area contributed by atoms with Crippen LogP contribution >= 0.6 is 15.9 Å². The first-order valence-corrected chi connectivity index (χ1v) is 5.73. The van der Waals surface area contributed by atoms with Gasteiger partial charge in [-0.25, -0.2) is 8.78 Å². The average molecular weight is 288 g/mol. The quantitative estimate of drug-likeness (QED) is 0.837. The van der Waals surface area contributed by atoms with E-state index in [4.69, 9.17) is 6.42 Å². The van der Waals surface area contributed by atoms with E-state index in [1.807, 2.05) is 6.92 Å². The minimum atomic E-state index is -0.729. The third-order valence-electron chi connectivity index (χ3n) is 2.10. The van der Waals surface area contributed by atoms with E-state index in [0.29, 0.717) is 11.0 Å². The Labute approximate surface area is 102 Å². The highest BCUT2D eigenvalue weighted by Crippen LogP contribution is 2.24. The summed E-state index contributed by atoms with van der Waals surface area (Å²) in [7, 11) is 0. The molecule has 4 heteroatoms. The summed E-state index contributed by atoms with van der Waals surface area (Å²) >= 11 is 3.02. The fourth-order valence-electron chi connectivity index (χ4n) is 1.36. The first kappa shape index (κ1) is 13.1. The number of hydrogen-bond acceptors (Lipinski definition) is 1. The number of nitrogens with one attached hydrogen (secondary N) is 1. The highest BCUT2D eigenvalue weighted by atomic mass is 79.9. The lowest BCUT2D eigenvalue weighted by Crippen LogP contribution is -2.22. The molecule has 0 aliphatic rings. The summed E-state index contributed by atoms with van der Waals surface area (Å²) in [6.45, 7) is 2.57. The van der Waals surface area contributed by atoms with Gasteiger partial charge in [-0.3, -0.25) is 5.32 Å². The van der Waals surface area contributed by atoms with Crippen LogP contribution in [0.2, 0.25) is 0 Å². The van der Waals surface area contributed by atoms with Gasteiger partial charge in [0.15, 0.2) is 0 Å². The van der Waals surface area contributed by atoms with Crippen molar-refractivity contribution in [2.45, 2.75) is 19.4 Å². The van der Waals surface area contributed by atoms with Crippen molar-refractivity contribution in [3.63, 3.8) is 0 Å². The molecule has 0 aliphatic carbocycles. The smallest absolute Gasteiger partial charge is 0.133 e. The maximum atomic E-state index is 13.6. The Balaban J connectivity index is 3.06. The highest BCUT2D eigenvalue weighted by molar-refractivity contribution is 9.10. The number of terminal acetylenes is 1. The number of rotatable bonds is 4. The van der Waals surface area contributed by atoms with E-state index < -0.39 is 17.7 Å². The fourth-order valence-corrected chi connectivity index (χ4v) is 1.76. The Kier molecular flexibility index (Phi) is 4.91. The molecule has 0 bridgehead atoms. The number of halogens is 3. The van der Waals surface area contributed by atoms with Crippen molar-refractivity contribution in [3.8, 4) is 12.3 Å². The average Bonchev–Trinajstić information content (AvgIpc) is 2.21. The number of hydrogen-bond donors (Lipinski definition) is 1. The summed E-state index contributed by atoms with van der Waals surface area (Å²) in [6.07, 6.45) is 6.11. The standard InChI is InChI=1S/C12H12BrF2N/c1-3-5-16-11(4-2)12-9(14)6-8(13)7-10(12)15/h2,6-7,11,16H,3,5H2,1H3. The molecule has 0 saturated heterocycles. The van der Waals surface area contributed by atoms with Crippen molar-refractivity contribution >= 4 is 15.9 Å². The largest absolute Gasteiger partial charge is 0.300 e. The van der Waals surface area contributed by atoms with E-state index in [1.54, 1.807) is 0 Å². The number of benzene rings is 1. The van der Waals surface area contributed by atoms with E-state index in [-0.39, 0.29) is 5.56 Å². The lowest BCUT2D eigenvalue weighted by molar-refractivity contribution is 0.514. The van der Waals surface area contributed by atoms with Gasteiger partial charge in [0.25, 0.3) is 0 Å². The van der Waals surface area contributed by atoms with Crippen LogP contribution in [-0.4, -0.2) is 6.54 Å². The highest BCUT2D eigenvalue weighted by Gasteiger charge is 2.18. The Morgan fingerprint density at radius 1 is 1.44 bits per heavy atom. The first-order valence-electron chi connectivity index (χ1n) is 4.94. The molecule has 1 N–H and O–H groups in total. The molecule has 0 saturated carbocycles. The van der Waals surface area contributed by atoms with Crippen molar-refractivity contribution in [1.82, 2.24) is 5.32 Å². The van der Waals surface area contributed by atoms with Crippen molar-refractivity contribution in [3.05, 3.63) is 33.8 Å². The van der Waals surface area contributed by atoms with E-state index >= 15 is 0 Å². The van der Waals surface area contributed by atoms with Gasteiger partial charge < -0.3 is 0 Å². The normalized spacial score (nSPS) is 12.2. The Morgan fingerprint density at radius 2 is 2.00 bits per heavy atom. The summed E-state index contributed by atoms with van der Waals surface area (Å²) in [6, 6.07) is 1.68. The summed E-state index contributed by atoms with van der Waals surface area (Å²) in [5.41, 5.74) is -0.0980. The topological polar surface area (TPSA) is 12.0 Å². The minimum absolute atomic E-state index is 0.0980. The second kappa shape index (κ2) is 5.97. The lowest BCUT2D eigenvalue weighted by Gasteiger charge is -2.14. The van der Waals surface area contributed by atoms with E-state index in [1.165, 1.54) is 12.1 Å². The van der Waals surface area contributed by atoms with Crippen LogP contribution in [0.1, 0.15) is 24.9 Å². The second-order valence-corrected chi connectivity index (χ2v) is 4.25. The Bertz CT molecular complexity index is 389. The van der Waals surface area contributed by atoms with Crippen LogP contribution in [0.25, 0.3) is 0 Å². The first-order chi connectivity index (χ1) is 7.60. The molecule has 0 radical (unpaired) electrons. The van der Waals surface area contributed by atoms with Crippen LogP contribution in [0.3, 0.4) is 0 Å². The van der Waals surface area contributed by atoms with Crippen molar-refractivity contribution < 1.29 is 8.78 Å². The molecule has 0 heterocycles. The summed E-state index contributed by atoms with van der Waals surface area (Å²) in [5, 5.41) is 2.91. The second-order valence-electron chi connectivity index (χ2n) is 3.34. The predicted octanol–water partition coefficient (Wildman–Crippen LogP) is 3.40. The van der Waals surface area contributed by atoms with Crippen LogP contribution in [0.4, 0.5) is 8.78 Å². The maximum Gasteiger partial charge on any atom is 0.133 e. The van der Waals surface area contributed by atoms with Gasteiger partial charge in [-0.2, -0.15) is 0 Å². The molecule has 0 aliphatic heterocycles. The van der Waals surface area contributed by atoms with Crippen molar-refractivity contribution in [1.29, 1.82) is 0 Å². The van der Waals surface area contributed by atoms with Gasteiger partial charge >= 0.3 is 0 Å². The van der Waals surface area contributed by atoms with E-state index in [9.17, 15) is 8.78 Å². The van der Waals surface area contributed by atoms with Crippen LogP contribution < -0.4 is 5.32 Å². The molecule has 0 spiro atoms. The molecule has 0 aromatic heterocycles. The van der Waals surface area contributed by atoms with Gasteiger partial charge in [0.1, 0.15) is 17.7 Å². The van der Waals surface area contributed by atoms with Crippen LogP contribution in [0.5, 0.6) is 0 Å². The molecular weight excluding hydrogens is 276 g/mol. The van der Waals surface area contributed by atoms with Gasteiger partial charge in [0, 0.05) is 4.47 Å². The van der Waals surface area contributed by atoms with Gasteiger partial charge in [-0.15, -0.1) is 6.42 Å².